The van der Waals surface area contributed by atoms with Gasteiger partial charge in [0.1, 0.15) is 5.82 Å². The topological polar surface area (TPSA) is 26.0 Å². The Morgan fingerprint density at radius 1 is 1.05 bits per heavy atom. The van der Waals surface area contributed by atoms with E-state index in [0.717, 1.165) is 29.5 Å². The van der Waals surface area contributed by atoms with Gasteiger partial charge in [-0.2, -0.15) is 0 Å². The molecule has 0 radical (unpaired) electrons. The van der Waals surface area contributed by atoms with Crippen molar-refractivity contribution in [2.45, 2.75) is 32.2 Å². The van der Waals surface area contributed by atoms with E-state index in [1.54, 1.807) is 6.07 Å². The van der Waals surface area contributed by atoms with E-state index in [1.165, 1.54) is 17.2 Å². The number of benzene rings is 2. The fourth-order valence-corrected chi connectivity index (χ4v) is 3.26. The van der Waals surface area contributed by atoms with Crippen LogP contribution in [0.15, 0.2) is 36.4 Å². The first-order valence-corrected chi connectivity index (χ1v) is 6.66. The Hall–Kier alpha value is -1.67. The van der Waals surface area contributed by atoms with Crippen molar-refractivity contribution in [2.75, 3.05) is 0 Å². The predicted octanol–water partition coefficient (Wildman–Crippen LogP) is 3.59. The molecule has 19 heavy (non-hydrogen) atoms. The third kappa shape index (κ3) is 1.87. The second kappa shape index (κ2) is 4.17. The van der Waals surface area contributed by atoms with Gasteiger partial charge in [0.05, 0.1) is 5.54 Å². The van der Waals surface area contributed by atoms with Crippen LogP contribution in [0.3, 0.4) is 0 Å². The predicted molar refractivity (Wildman–Crippen MR) is 75.6 cm³/mol. The Kier molecular flexibility index (Phi) is 2.72. The number of rotatable bonds is 1. The first-order valence-electron chi connectivity index (χ1n) is 6.66. The van der Waals surface area contributed by atoms with E-state index in [0.29, 0.717) is 0 Å². The molecule has 0 saturated carbocycles. The molecule has 0 amide bonds. The van der Waals surface area contributed by atoms with E-state index in [1.807, 2.05) is 6.07 Å². The van der Waals surface area contributed by atoms with Crippen molar-refractivity contribution in [1.29, 1.82) is 0 Å². The van der Waals surface area contributed by atoms with E-state index in [2.05, 4.69) is 32.0 Å². The minimum Gasteiger partial charge on any atom is -0.318 e. The minimum atomic E-state index is -0.471. The molecule has 2 aromatic carbocycles. The molecule has 1 unspecified atom stereocenters. The standard InChI is InChI=1S/C17H18FN/c1-11-3-5-15(12(2)9-11)17(19)8-7-13-10-14(18)4-6-16(13)17/h3-6,9-10H,7-8,19H2,1-2H3. The third-order valence-electron chi connectivity index (χ3n) is 4.20. The highest BCUT2D eigenvalue weighted by Gasteiger charge is 2.37. The van der Waals surface area contributed by atoms with Gasteiger partial charge in [0.15, 0.2) is 0 Å². The van der Waals surface area contributed by atoms with Gasteiger partial charge < -0.3 is 5.73 Å². The van der Waals surface area contributed by atoms with Crippen LogP contribution >= 0.6 is 0 Å². The molecule has 2 aromatic rings. The molecule has 0 fully saturated rings. The lowest BCUT2D eigenvalue weighted by atomic mass is 9.82. The van der Waals surface area contributed by atoms with E-state index in [9.17, 15) is 4.39 Å². The van der Waals surface area contributed by atoms with Crippen LogP contribution in [0.5, 0.6) is 0 Å². The number of aryl methyl sites for hydroxylation is 3. The smallest absolute Gasteiger partial charge is 0.123 e. The molecular formula is C17H18FN. The van der Waals surface area contributed by atoms with Crippen LogP contribution in [0.2, 0.25) is 0 Å². The van der Waals surface area contributed by atoms with Gasteiger partial charge in [-0.25, -0.2) is 4.39 Å². The molecule has 2 N–H and O–H groups in total. The van der Waals surface area contributed by atoms with Crippen molar-refractivity contribution in [3.8, 4) is 0 Å². The third-order valence-corrected chi connectivity index (χ3v) is 4.20. The Morgan fingerprint density at radius 2 is 1.79 bits per heavy atom. The second-order valence-electron chi connectivity index (χ2n) is 5.59. The highest BCUT2D eigenvalue weighted by atomic mass is 19.1. The molecule has 2 heteroatoms. The molecule has 0 heterocycles. The maximum Gasteiger partial charge on any atom is 0.123 e. The SMILES string of the molecule is Cc1ccc(C2(N)CCc3cc(F)ccc32)c(C)c1. The van der Waals surface area contributed by atoms with Crippen LogP contribution in [-0.2, 0) is 12.0 Å². The van der Waals surface area contributed by atoms with Crippen LogP contribution in [0, 0.1) is 19.7 Å². The highest BCUT2D eigenvalue weighted by Crippen LogP contribution is 2.41. The maximum absolute atomic E-state index is 13.3. The number of hydrogen-bond donors (Lipinski definition) is 1. The fraction of sp³-hybridized carbons (Fsp3) is 0.294. The van der Waals surface area contributed by atoms with Crippen LogP contribution in [0.1, 0.15) is 34.2 Å². The molecule has 0 saturated heterocycles. The maximum atomic E-state index is 13.3. The molecule has 1 atom stereocenters. The highest BCUT2D eigenvalue weighted by molar-refractivity contribution is 5.49. The van der Waals surface area contributed by atoms with Crippen molar-refractivity contribution in [3.05, 3.63) is 70.0 Å². The number of hydrogen-bond acceptors (Lipinski definition) is 1. The number of nitrogens with two attached hydrogens (primary N) is 1. The van der Waals surface area contributed by atoms with E-state index < -0.39 is 5.54 Å². The summed E-state index contributed by atoms with van der Waals surface area (Å²) in [6.45, 7) is 4.18. The van der Waals surface area contributed by atoms with Gasteiger partial charge in [-0.15, -0.1) is 0 Å². The first kappa shape index (κ1) is 12.4. The lowest BCUT2D eigenvalue weighted by Gasteiger charge is -2.28. The lowest BCUT2D eigenvalue weighted by Crippen LogP contribution is -2.36. The zero-order valence-corrected chi connectivity index (χ0v) is 11.3. The van der Waals surface area contributed by atoms with Crippen molar-refractivity contribution >= 4 is 0 Å². The van der Waals surface area contributed by atoms with Gasteiger partial charge in [0, 0.05) is 0 Å². The molecule has 0 aromatic heterocycles. The van der Waals surface area contributed by atoms with Crippen LogP contribution in [0.25, 0.3) is 0 Å². The molecule has 0 spiro atoms. The summed E-state index contributed by atoms with van der Waals surface area (Å²) in [7, 11) is 0. The summed E-state index contributed by atoms with van der Waals surface area (Å²) in [5.74, 6) is -0.177. The van der Waals surface area contributed by atoms with Gasteiger partial charge in [-0.1, -0.05) is 29.8 Å². The van der Waals surface area contributed by atoms with Crippen LogP contribution in [0.4, 0.5) is 4.39 Å². The number of fused-ring (bicyclic) bond motifs is 1. The van der Waals surface area contributed by atoms with Gasteiger partial charge in [0.25, 0.3) is 0 Å². The Morgan fingerprint density at radius 3 is 2.53 bits per heavy atom. The Labute approximate surface area is 113 Å². The molecule has 1 nitrogen and oxygen atoms in total. The van der Waals surface area contributed by atoms with Crippen molar-refractivity contribution in [1.82, 2.24) is 0 Å². The summed E-state index contributed by atoms with van der Waals surface area (Å²) in [5, 5.41) is 0. The molecule has 1 aliphatic carbocycles. The monoisotopic (exact) mass is 255 g/mol. The largest absolute Gasteiger partial charge is 0.318 e. The van der Waals surface area contributed by atoms with Gasteiger partial charge in [-0.3, -0.25) is 0 Å². The zero-order chi connectivity index (χ0) is 13.6. The van der Waals surface area contributed by atoms with Gasteiger partial charge >= 0.3 is 0 Å². The average molecular weight is 255 g/mol. The quantitative estimate of drug-likeness (QED) is 0.828. The van der Waals surface area contributed by atoms with Crippen molar-refractivity contribution < 1.29 is 4.39 Å². The molecule has 0 aliphatic heterocycles. The molecule has 98 valence electrons. The Balaban J connectivity index is 2.16. The normalized spacial score (nSPS) is 21.5. The summed E-state index contributed by atoms with van der Waals surface area (Å²) in [5.41, 5.74) is 11.9. The molecule has 1 aliphatic rings. The first-order chi connectivity index (χ1) is 9.00. The summed E-state index contributed by atoms with van der Waals surface area (Å²) in [6.07, 6.45) is 1.69. The van der Waals surface area contributed by atoms with Gasteiger partial charge in [-0.05, 0) is 61.1 Å². The summed E-state index contributed by atoms with van der Waals surface area (Å²) in [6, 6.07) is 11.3. The molecule has 3 rings (SSSR count). The zero-order valence-electron chi connectivity index (χ0n) is 11.3. The minimum absolute atomic E-state index is 0.177. The molecular weight excluding hydrogens is 237 g/mol. The lowest BCUT2D eigenvalue weighted by molar-refractivity contribution is 0.531. The summed E-state index contributed by atoms with van der Waals surface area (Å²) < 4.78 is 13.3. The van der Waals surface area contributed by atoms with E-state index in [-0.39, 0.29) is 5.82 Å². The van der Waals surface area contributed by atoms with E-state index >= 15 is 0 Å². The summed E-state index contributed by atoms with van der Waals surface area (Å²) in [4.78, 5) is 0. The van der Waals surface area contributed by atoms with Crippen molar-refractivity contribution in [2.24, 2.45) is 5.73 Å². The fourth-order valence-electron chi connectivity index (χ4n) is 3.26. The average Bonchev–Trinajstić information content (AvgIpc) is 2.67. The van der Waals surface area contributed by atoms with Gasteiger partial charge in [0.2, 0.25) is 0 Å². The van der Waals surface area contributed by atoms with Crippen LogP contribution in [-0.4, -0.2) is 0 Å². The second-order valence-corrected chi connectivity index (χ2v) is 5.59. The number of halogens is 1. The van der Waals surface area contributed by atoms with Crippen LogP contribution < -0.4 is 5.73 Å². The van der Waals surface area contributed by atoms with Crippen molar-refractivity contribution in [3.63, 3.8) is 0 Å². The molecule has 0 bridgehead atoms. The Bertz CT molecular complexity index is 648. The van der Waals surface area contributed by atoms with E-state index in [4.69, 9.17) is 5.73 Å². The summed E-state index contributed by atoms with van der Waals surface area (Å²) >= 11 is 0.